The first-order valence-corrected chi connectivity index (χ1v) is 35.2. The fourth-order valence-corrected chi connectivity index (χ4v) is 15.2. The summed E-state index contributed by atoms with van der Waals surface area (Å²) in [5.74, 6) is -11.6. The number of phenolic OH excluding ortho intramolecular Hbond substituents is 1. The van der Waals surface area contributed by atoms with E-state index in [1.54, 1.807) is 13.1 Å². The van der Waals surface area contributed by atoms with Gasteiger partial charge in [0.1, 0.15) is 11.8 Å². The van der Waals surface area contributed by atoms with Crippen molar-refractivity contribution in [2.24, 2.45) is 23.7 Å². The van der Waals surface area contributed by atoms with E-state index in [2.05, 4.69) is 36.1 Å². The first kappa shape index (κ1) is 73.9. The molecule has 2 bridgehead atoms. The Morgan fingerprint density at radius 2 is 1.47 bits per heavy atom. The van der Waals surface area contributed by atoms with E-state index in [4.69, 9.17) is 11.6 Å². The average Bonchev–Trinajstić information content (AvgIpc) is 1.77. The van der Waals surface area contributed by atoms with Crippen LogP contribution in [0.15, 0.2) is 48.7 Å². The smallest absolute Gasteiger partial charge is 0.317 e. The van der Waals surface area contributed by atoms with Crippen molar-refractivity contribution in [3.63, 3.8) is 0 Å². The molecule has 0 aliphatic carbocycles. The summed E-state index contributed by atoms with van der Waals surface area (Å²) in [4.78, 5) is 166. The van der Waals surface area contributed by atoms with Gasteiger partial charge in [-0.3, -0.25) is 62.5 Å². The van der Waals surface area contributed by atoms with Gasteiger partial charge in [0.2, 0.25) is 29.5 Å². The number of hydrogen-bond donors (Lipinski definition) is 9. The molecule has 2 aromatic carbocycles. The number of hydrogen-bond acceptors (Lipinski definition) is 19. The number of carbonyl (C=O) groups is 11. The number of nitrogens with zero attached hydrogens (tertiary/aromatic N) is 5. The van der Waals surface area contributed by atoms with E-state index in [1.165, 1.54) is 18.2 Å². The van der Waals surface area contributed by atoms with Gasteiger partial charge in [-0.05, 0) is 87.0 Å². The summed E-state index contributed by atoms with van der Waals surface area (Å²) in [7, 11) is 2.16. The van der Waals surface area contributed by atoms with Gasteiger partial charge in [0.15, 0.2) is 23.1 Å². The summed E-state index contributed by atoms with van der Waals surface area (Å²) in [5, 5.41) is 52.9. The van der Waals surface area contributed by atoms with Gasteiger partial charge >= 0.3 is 11.9 Å². The molecule has 0 saturated carbocycles. The first-order chi connectivity index (χ1) is 44.4. The zero-order chi connectivity index (χ0) is 67.3. The van der Waals surface area contributed by atoms with E-state index in [0.29, 0.717) is 50.4 Å². The number of H-pyrrole nitrogens is 1. The number of para-hydroxylation sites is 1. The maximum atomic E-state index is 15.2. The third-order valence-electron chi connectivity index (χ3n) is 17.7. The lowest BCUT2D eigenvalue weighted by Crippen LogP contribution is -2.54. The Morgan fingerprint density at radius 1 is 0.796 bits per heavy atom. The number of aromatic hydroxyl groups is 1. The van der Waals surface area contributed by atoms with Crippen molar-refractivity contribution in [1.82, 2.24) is 50.8 Å². The van der Waals surface area contributed by atoms with Gasteiger partial charge in [-0.25, -0.2) is 0 Å². The van der Waals surface area contributed by atoms with Crippen LogP contribution in [0.1, 0.15) is 96.1 Å². The Labute approximate surface area is 555 Å². The number of aromatic amines is 1. The summed E-state index contributed by atoms with van der Waals surface area (Å²) < 4.78 is 0. The van der Waals surface area contributed by atoms with Crippen LogP contribution in [0.5, 0.6) is 5.75 Å². The highest BCUT2D eigenvalue weighted by Crippen LogP contribution is 2.31. The van der Waals surface area contributed by atoms with Crippen molar-refractivity contribution < 1.29 is 73.2 Å². The molecule has 4 aliphatic rings. The topological polar surface area (TPSA) is 349 Å². The van der Waals surface area contributed by atoms with Gasteiger partial charge in [-0.2, -0.15) is 0 Å². The van der Waals surface area contributed by atoms with E-state index < -0.39 is 133 Å². The Bertz CT molecular complexity index is 3140. The largest absolute Gasteiger partial charge is 0.506 e. The van der Waals surface area contributed by atoms with Gasteiger partial charge in [0.05, 0.1) is 48.9 Å². The molecule has 25 nitrogen and oxygen atoms in total. The molecule has 510 valence electrons. The molecule has 9 N–H and O–H groups in total. The molecule has 10 atom stereocenters. The SMILES string of the molecule is CCC(=O)[C@@H]1CSSC[C@H](NC(=O)[C@@H](CCC(=O)O)CC(=O)[C@H](Cc2c[nH]c3ccccc23)NC(=O)CN2CCCN3CCN(CCCN(CC(=O)O)CC3)CC2)C(=O)N2C[C@H](O)C[C@H]2C(=O)C[C@@H](Cc2ccc(O)c(Cl)c2)C(=O)NCC(=O)C[C@@H](CC(C)C)C(=O)N1. The number of fused-ring (bicyclic) bond motifs is 5. The molecule has 2 unspecified atom stereocenters. The molecule has 5 heterocycles. The molecule has 28 heteroatoms. The lowest BCUT2D eigenvalue weighted by Gasteiger charge is -2.35. The summed E-state index contributed by atoms with van der Waals surface area (Å²) >= 11 is 6.26. The van der Waals surface area contributed by atoms with E-state index in [0.717, 1.165) is 76.4 Å². The molecule has 93 heavy (non-hydrogen) atoms. The molecule has 0 spiro atoms. The minimum Gasteiger partial charge on any atom is -0.506 e. The van der Waals surface area contributed by atoms with Crippen molar-refractivity contribution in [1.29, 1.82) is 0 Å². The van der Waals surface area contributed by atoms with Gasteiger partial charge < -0.3 is 61.4 Å². The highest BCUT2D eigenvalue weighted by Gasteiger charge is 2.43. The van der Waals surface area contributed by atoms with Crippen LogP contribution in [0.2, 0.25) is 5.02 Å². The quantitative estimate of drug-likeness (QED) is 0.0692. The van der Waals surface area contributed by atoms with E-state index in [1.807, 2.05) is 47.9 Å². The molecule has 4 saturated heterocycles. The number of nitrogens with one attached hydrogen (secondary N) is 5. The van der Waals surface area contributed by atoms with Crippen LogP contribution in [0, 0.1) is 23.7 Å². The zero-order valence-corrected chi connectivity index (χ0v) is 55.7. The maximum absolute atomic E-state index is 15.2. The Morgan fingerprint density at radius 3 is 2.14 bits per heavy atom. The number of carboxylic acids is 2. The van der Waals surface area contributed by atoms with Crippen molar-refractivity contribution in [2.45, 2.75) is 128 Å². The van der Waals surface area contributed by atoms with E-state index in [9.17, 15) is 63.6 Å². The zero-order valence-electron chi connectivity index (χ0n) is 53.3. The van der Waals surface area contributed by atoms with E-state index in [-0.39, 0.29) is 98.6 Å². The molecule has 0 radical (unpaired) electrons. The number of benzene rings is 2. The number of Topliss-reactive ketones (excluding diaryl/α,β-unsaturated/α-hetero) is 4. The summed E-state index contributed by atoms with van der Waals surface area (Å²) in [6.07, 6.45) is -0.344. The molecule has 5 amide bonds. The Kier molecular flexibility index (Phi) is 29.0. The second kappa shape index (κ2) is 36.4. The summed E-state index contributed by atoms with van der Waals surface area (Å²) in [6.45, 7) is 11.2. The molecule has 4 fully saturated rings. The number of aliphatic hydroxyl groups is 1. The molecular formula is C65H91ClN10O15S2. The number of phenols is 1. The standard InChI is InChI=1S/C65H91ClN10O15S2/c1-4-55(79)52-38-92-93-39-53(65(91)76-35-47(78)32-54(76)58(82)31-44(26-41-11-13-56(80)49(66)27-41)62(88)68-34-46(77)28-43(25-40(2)3)64(90)70-52)71-63(89)42(12-14-60(84)85)30-57(81)51(29-45-33-67-50-10-6-5-9-48(45)50)69-59(83)36-74-17-7-15-73-20-19-72(21-23-74)16-8-18-75(24-22-73)37-61(86)87/h5-6,9-11,13,27,33,40,42-44,47,51-54,67,78,80H,4,7-8,12,14-26,28-32,34-39H2,1-3H3,(H,68,88)(H,69,83)(H,70,90)(H,71,89)(H,84,85)(H,86,87)/t42-,43+,44+,47+,51-,52-,53-,54-/m0/s1. The number of aromatic nitrogens is 1. The first-order valence-electron chi connectivity index (χ1n) is 32.3. The molecule has 3 aromatic rings. The predicted octanol–water partition coefficient (Wildman–Crippen LogP) is 2.96. The van der Waals surface area contributed by atoms with Crippen LogP contribution >= 0.6 is 33.2 Å². The summed E-state index contributed by atoms with van der Waals surface area (Å²) in [5.41, 5.74) is 1.92. The fourth-order valence-electron chi connectivity index (χ4n) is 12.6. The highest BCUT2D eigenvalue weighted by atomic mass is 35.5. The van der Waals surface area contributed by atoms with E-state index >= 15 is 9.59 Å². The number of rotatable bonds is 21. The minimum atomic E-state index is -1.51. The van der Waals surface area contributed by atoms with Crippen LogP contribution in [-0.2, 0) is 65.6 Å². The highest BCUT2D eigenvalue weighted by molar-refractivity contribution is 8.76. The third-order valence-corrected chi connectivity index (χ3v) is 20.4. The second-order valence-corrected chi connectivity index (χ2v) is 28.3. The van der Waals surface area contributed by atoms with Gasteiger partial charge in [-0.1, -0.05) is 78.2 Å². The van der Waals surface area contributed by atoms with Crippen LogP contribution in [-0.4, -0.2) is 248 Å². The Hall–Kier alpha value is -6.46. The van der Waals surface area contributed by atoms with Crippen molar-refractivity contribution in [3.8, 4) is 5.75 Å². The number of halogens is 1. The Balaban J connectivity index is 1.15. The second-order valence-electron chi connectivity index (χ2n) is 25.4. The third kappa shape index (κ3) is 23.2. The lowest BCUT2D eigenvalue weighted by molar-refractivity contribution is -0.142. The van der Waals surface area contributed by atoms with Crippen molar-refractivity contribution in [3.05, 3.63) is 64.8 Å². The lowest BCUT2D eigenvalue weighted by atomic mass is 9.89. The summed E-state index contributed by atoms with van der Waals surface area (Å²) in [6, 6.07) is 6.57. The monoisotopic (exact) mass is 1350 g/mol. The number of amides is 5. The predicted molar refractivity (Wildman–Crippen MR) is 352 cm³/mol. The fraction of sp³-hybridized carbons (Fsp3) is 0.615. The van der Waals surface area contributed by atoms with Crippen LogP contribution in [0.4, 0.5) is 0 Å². The number of aliphatic hydroxyl groups excluding tert-OH is 1. The maximum Gasteiger partial charge on any atom is 0.317 e. The van der Waals surface area contributed by atoms with Crippen LogP contribution in [0.25, 0.3) is 10.9 Å². The van der Waals surface area contributed by atoms with Gasteiger partial charge in [-0.15, -0.1) is 0 Å². The molecule has 1 aromatic heterocycles. The average molecular weight is 1350 g/mol. The molecule has 7 rings (SSSR count). The minimum absolute atomic E-state index is 0.00510. The van der Waals surface area contributed by atoms with Crippen LogP contribution in [0.3, 0.4) is 0 Å². The van der Waals surface area contributed by atoms with Gasteiger partial charge in [0.25, 0.3) is 0 Å². The number of aliphatic carboxylic acids is 2. The van der Waals surface area contributed by atoms with Crippen LogP contribution < -0.4 is 21.3 Å². The number of ketones is 4. The molecular weight excluding hydrogens is 1260 g/mol. The number of carboxylic acid groups (broad SMARTS) is 2. The number of carbonyl (C=O) groups excluding carboxylic acids is 9. The van der Waals surface area contributed by atoms with Crippen molar-refractivity contribution in [2.75, 3.05) is 103 Å². The van der Waals surface area contributed by atoms with Gasteiger partial charge in [0, 0.05) is 144 Å². The normalized spacial score (nSPS) is 24.9. The molecule has 4 aliphatic heterocycles. The van der Waals surface area contributed by atoms with Crippen molar-refractivity contribution >= 4 is 109 Å².